The number of alkyl halides is 3. The van der Waals surface area contributed by atoms with Crippen LogP contribution >= 0.6 is 0 Å². The number of imidazole rings is 1. The van der Waals surface area contributed by atoms with E-state index < -0.39 is 18.1 Å². The van der Waals surface area contributed by atoms with Crippen molar-refractivity contribution in [3.05, 3.63) is 60.0 Å². The van der Waals surface area contributed by atoms with Gasteiger partial charge in [0.05, 0.1) is 42.2 Å². The van der Waals surface area contributed by atoms with Crippen LogP contribution in [0, 0.1) is 5.92 Å². The predicted octanol–water partition coefficient (Wildman–Crippen LogP) is 4.22. The molecule has 2 saturated heterocycles. The van der Waals surface area contributed by atoms with Gasteiger partial charge in [-0.1, -0.05) is 24.3 Å². The number of anilines is 2. The number of fused-ring (bicyclic) bond motifs is 2. The number of ether oxygens (including phenoxy) is 1. The molecule has 2 fully saturated rings. The molecule has 1 aromatic carbocycles. The van der Waals surface area contributed by atoms with Gasteiger partial charge in [-0.15, -0.1) is 0 Å². The molecule has 0 unspecified atom stereocenters. The highest BCUT2D eigenvalue weighted by atomic mass is 19.4. The highest BCUT2D eigenvalue weighted by molar-refractivity contribution is 5.83. The van der Waals surface area contributed by atoms with Gasteiger partial charge in [-0.2, -0.15) is 22.8 Å². The second-order valence-electron chi connectivity index (χ2n) is 10.0. The van der Waals surface area contributed by atoms with Crippen molar-refractivity contribution in [1.29, 1.82) is 0 Å². The predicted molar refractivity (Wildman–Crippen MR) is 153 cm³/mol. The molecule has 2 aliphatic rings. The topological polar surface area (TPSA) is 133 Å². The zero-order valence-corrected chi connectivity index (χ0v) is 22.9. The molecule has 5 heterocycles. The highest BCUT2D eigenvalue weighted by Crippen LogP contribution is 2.32. The number of morpholine rings is 1. The van der Waals surface area contributed by atoms with Crippen LogP contribution in [0.15, 0.2) is 48.7 Å². The number of piperidine rings is 1. The number of hydrogen-bond acceptors (Lipinski definition) is 8. The summed E-state index contributed by atoms with van der Waals surface area (Å²) in [6, 6.07) is 14.1. The summed E-state index contributed by atoms with van der Waals surface area (Å²) in [5, 5.41) is 22.4. The van der Waals surface area contributed by atoms with Crippen molar-refractivity contribution in [2.45, 2.75) is 19.0 Å². The zero-order chi connectivity index (χ0) is 30.6. The molecule has 2 N–H and O–H groups in total. The van der Waals surface area contributed by atoms with Crippen molar-refractivity contribution >= 4 is 52.1 Å². The summed E-state index contributed by atoms with van der Waals surface area (Å²) in [5.74, 6) is -2.89. The van der Waals surface area contributed by atoms with E-state index in [1.165, 1.54) is 0 Å². The van der Waals surface area contributed by atoms with Crippen molar-refractivity contribution in [2.24, 2.45) is 5.92 Å². The number of pyridine rings is 1. The average Bonchev–Trinajstić information content (AvgIpc) is 3.39. The fraction of sp³-hybridized carbons (Fsp3) is 0.345. The van der Waals surface area contributed by atoms with E-state index in [0.717, 1.165) is 52.5 Å². The van der Waals surface area contributed by atoms with Gasteiger partial charge in [-0.25, -0.2) is 14.8 Å². The number of carbonyl (C=O) groups is 2. The molecule has 0 aliphatic carbocycles. The molecule has 0 atom stereocenters. The summed E-state index contributed by atoms with van der Waals surface area (Å²) in [6.45, 7) is 4.26. The Morgan fingerprint density at radius 3 is 2.28 bits per heavy atom. The Balaban J connectivity index is 0.000000472. The van der Waals surface area contributed by atoms with Crippen LogP contribution in [0.5, 0.6) is 0 Å². The summed E-state index contributed by atoms with van der Waals surface area (Å²) in [7, 11) is 0. The van der Waals surface area contributed by atoms with Crippen LogP contribution < -0.4 is 9.80 Å². The summed E-state index contributed by atoms with van der Waals surface area (Å²) in [5.41, 5.74) is 4.41. The molecule has 2 aliphatic heterocycles. The van der Waals surface area contributed by atoms with Gasteiger partial charge in [0, 0.05) is 31.6 Å². The van der Waals surface area contributed by atoms with Crippen LogP contribution in [0.4, 0.5) is 24.7 Å². The van der Waals surface area contributed by atoms with Crippen LogP contribution in [0.2, 0.25) is 0 Å². The van der Waals surface area contributed by atoms with Crippen molar-refractivity contribution in [1.82, 2.24) is 19.6 Å². The third kappa shape index (κ3) is 6.85. The van der Waals surface area contributed by atoms with Crippen molar-refractivity contribution in [3.8, 4) is 0 Å². The lowest BCUT2D eigenvalue weighted by molar-refractivity contribution is -0.192. The third-order valence-electron chi connectivity index (χ3n) is 7.27. The Labute approximate surface area is 243 Å². The first kappa shape index (κ1) is 29.8. The van der Waals surface area contributed by atoms with Crippen LogP contribution in [-0.2, 0) is 14.3 Å². The van der Waals surface area contributed by atoms with Crippen molar-refractivity contribution < 1.29 is 37.7 Å². The number of carboxylic acid groups (broad SMARTS) is 2. The van der Waals surface area contributed by atoms with Gasteiger partial charge in [-0.3, -0.25) is 4.79 Å². The van der Waals surface area contributed by atoms with E-state index in [4.69, 9.17) is 24.6 Å². The lowest BCUT2D eigenvalue weighted by Crippen LogP contribution is -2.37. The number of halogens is 3. The monoisotopic (exact) mass is 598 g/mol. The van der Waals surface area contributed by atoms with Gasteiger partial charge in [-0.05, 0) is 43.2 Å². The maximum Gasteiger partial charge on any atom is 0.490 e. The quantitative estimate of drug-likeness (QED) is 0.344. The Morgan fingerprint density at radius 2 is 1.60 bits per heavy atom. The molecule has 43 heavy (non-hydrogen) atoms. The van der Waals surface area contributed by atoms with E-state index in [-0.39, 0.29) is 5.92 Å². The zero-order valence-electron chi connectivity index (χ0n) is 22.9. The van der Waals surface area contributed by atoms with Crippen LogP contribution in [0.3, 0.4) is 0 Å². The fourth-order valence-electron chi connectivity index (χ4n) is 5.08. The molecule has 14 heteroatoms. The maximum absolute atomic E-state index is 11.5. The van der Waals surface area contributed by atoms with E-state index >= 15 is 0 Å². The first-order valence-corrected chi connectivity index (χ1v) is 13.6. The maximum atomic E-state index is 11.5. The largest absolute Gasteiger partial charge is 0.490 e. The first-order valence-electron chi connectivity index (χ1n) is 13.6. The van der Waals surface area contributed by atoms with Crippen molar-refractivity contribution in [3.63, 3.8) is 0 Å². The van der Waals surface area contributed by atoms with Crippen LogP contribution in [0.25, 0.3) is 28.7 Å². The summed E-state index contributed by atoms with van der Waals surface area (Å²) < 4.78 is 39.2. The van der Waals surface area contributed by atoms with Gasteiger partial charge < -0.3 is 24.7 Å². The molecular formula is C29H29F3N6O5. The molecular weight excluding hydrogens is 569 g/mol. The summed E-state index contributed by atoms with van der Waals surface area (Å²) in [4.78, 5) is 34.7. The first-order chi connectivity index (χ1) is 20.6. The second kappa shape index (κ2) is 12.7. The number of aromatic nitrogens is 4. The highest BCUT2D eigenvalue weighted by Gasteiger charge is 2.38. The Morgan fingerprint density at radius 1 is 0.907 bits per heavy atom. The number of benzene rings is 1. The number of nitrogens with zero attached hydrogens (tertiary/aromatic N) is 6. The van der Waals surface area contributed by atoms with E-state index in [9.17, 15) is 23.1 Å². The molecule has 3 aromatic heterocycles. The molecule has 0 amide bonds. The van der Waals surface area contributed by atoms with E-state index in [2.05, 4.69) is 27.0 Å². The SMILES string of the molecule is O=C(O)C(F)(F)F.O=C(O)C1CCN(c2c(C=Cc3ccc4ccccc4n3)nc3c(N4CCOCC4)ccnn23)CC1. The van der Waals surface area contributed by atoms with Gasteiger partial charge >= 0.3 is 18.1 Å². The fourth-order valence-corrected chi connectivity index (χ4v) is 5.08. The van der Waals surface area contributed by atoms with Crippen molar-refractivity contribution in [2.75, 3.05) is 49.2 Å². The number of rotatable bonds is 5. The standard InChI is InChI=1S/C27H28N6O3.C2HF3O2/c34-27(35)20-10-13-32(14-11-20)26-23(8-7-21-6-5-19-3-1-2-4-22(19)29-21)30-25-24(9-12-28-33(25)26)31-15-17-36-18-16-31;3-2(4,5)1(6)7/h1-9,12,20H,10-11,13-18H2,(H,34,35);(H,6,7). The molecule has 0 radical (unpaired) electrons. The lowest BCUT2D eigenvalue weighted by Gasteiger charge is -2.31. The molecule has 6 rings (SSSR count). The Bertz CT molecular complexity index is 1640. The van der Waals surface area contributed by atoms with Gasteiger partial charge in [0.1, 0.15) is 5.69 Å². The minimum absolute atomic E-state index is 0.307. The number of aliphatic carboxylic acids is 2. The van der Waals surface area contributed by atoms with Crippen LogP contribution in [0.1, 0.15) is 24.2 Å². The van der Waals surface area contributed by atoms with E-state index in [1.54, 1.807) is 0 Å². The van der Waals surface area contributed by atoms with E-state index in [0.29, 0.717) is 39.1 Å². The molecule has 226 valence electrons. The minimum Gasteiger partial charge on any atom is -0.481 e. The minimum atomic E-state index is -5.08. The smallest absolute Gasteiger partial charge is 0.481 e. The number of para-hydroxylation sites is 1. The number of carboxylic acids is 2. The van der Waals surface area contributed by atoms with Gasteiger partial charge in [0.15, 0.2) is 11.5 Å². The Hall–Kier alpha value is -4.72. The molecule has 0 bridgehead atoms. The summed E-state index contributed by atoms with van der Waals surface area (Å²) >= 11 is 0. The second-order valence-corrected chi connectivity index (χ2v) is 10.0. The normalized spacial score (nSPS) is 16.4. The molecule has 11 nitrogen and oxygen atoms in total. The third-order valence-corrected chi connectivity index (χ3v) is 7.27. The Kier molecular flexibility index (Phi) is 8.76. The van der Waals surface area contributed by atoms with Crippen LogP contribution in [-0.4, -0.2) is 87.3 Å². The van der Waals surface area contributed by atoms with Gasteiger partial charge in [0.25, 0.3) is 0 Å². The van der Waals surface area contributed by atoms with E-state index in [1.807, 2.05) is 53.2 Å². The summed E-state index contributed by atoms with van der Waals surface area (Å²) in [6.07, 6.45) is 1.90. The number of hydrogen-bond donors (Lipinski definition) is 2. The van der Waals surface area contributed by atoms with Gasteiger partial charge in [0.2, 0.25) is 0 Å². The lowest BCUT2D eigenvalue weighted by atomic mass is 9.97. The molecule has 4 aromatic rings. The average molecular weight is 599 g/mol. The molecule has 0 spiro atoms. The molecule has 0 saturated carbocycles.